The summed E-state index contributed by atoms with van der Waals surface area (Å²) in [5.74, 6) is -8.79. The van der Waals surface area contributed by atoms with Crippen LogP contribution >= 0.6 is 0 Å². The largest absolute Gasteiger partial charge is 3.00 e. The Bertz CT molecular complexity index is 721. The van der Waals surface area contributed by atoms with E-state index in [1.165, 1.54) is 62.3 Å². The minimum atomic E-state index is -4.96. The monoisotopic (exact) mass is 687 g/mol. The van der Waals surface area contributed by atoms with Crippen molar-refractivity contribution in [1.82, 2.24) is 0 Å². The first-order valence-corrected chi connectivity index (χ1v) is 10.7. The van der Waals surface area contributed by atoms with Gasteiger partial charge in [-0.25, -0.2) is 0 Å². The topological polar surface area (TPSA) is 102 Å². The molecule has 16 heteroatoms. The third-order valence-electron chi connectivity index (χ3n) is 3.84. The van der Waals surface area contributed by atoms with E-state index in [2.05, 4.69) is 0 Å². The van der Waals surface area contributed by atoms with Crippen molar-refractivity contribution in [3.63, 3.8) is 0 Å². The molecule has 6 nitrogen and oxygen atoms in total. The minimum Gasteiger partial charge on any atom is -0.333 e. The van der Waals surface area contributed by atoms with Gasteiger partial charge >= 0.3 is 38.0 Å². The van der Waals surface area contributed by atoms with E-state index in [4.69, 9.17) is 0 Å². The van der Waals surface area contributed by atoms with Crippen LogP contribution in [0.5, 0.6) is 0 Å². The number of halogens is 9. The van der Waals surface area contributed by atoms with Crippen LogP contribution in [-0.2, 0) is 48.2 Å². The number of ketones is 6. The summed E-state index contributed by atoms with van der Waals surface area (Å²) in [7, 11) is 0. The molecule has 0 aromatic heterocycles. The van der Waals surface area contributed by atoms with E-state index in [1.807, 2.05) is 0 Å². The molecular formula is C24H30F9O6Ru. The summed E-state index contributed by atoms with van der Waals surface area (Å²) in [5, 5.41) is 0. The van der Waals surface area contributed by atoms with Crippen molar-refractivity contribution in [3.05, 3.63) is 19.3 Å². The van der Waals surface area contributed by atoms with Gasteiger partial charge in [-0.2, -0.15) is 39.5 Å². The summed E-state index contributed by atoms with van der Waals surface area (Å²) in [5.41, 5.74) is -2.87. The van der Waals surface area contributed by atoms with Crippen molar-refractivity contribution >= 4 is 34.7 Å². The third kappa shape index (κ3) is 20.5. The molecule has 0 N–H and O–H groups in total. The summed E-state index contributed by atoms with van der Waals surface area (Å²) in [6, 6.07) is 0. The van der Waals surface area contributed by atoms with Gasteiger partial charge in [0.2, 0.25) is 0 Å². The number of rotatable bonds is 6. The molecule has 1 radical (unpaired) electrons. The molecule has 0 bridgehead atoms. The Kier molecular flexibility index (Phi) is 17.4. The van der Waals surface area contributed by atoms with Crippen molar-refractivity contribution in [3.8, 4) is 0 Å². The first kappa shape index (κ1) is 44.6. The van der Waals surface area contributed by atoms with Gasteiger partial charge in [0.1, 0.15) is 17.3 Å². The second kappa shape index (κ2) is 15.6. The molecule has 0 rings (SSSR count). The number of carbonyl (C=O) groups excluding carboxylic acids is 6. The predicted molar refractivity (Wildman–Crippen MR) is 119 cm³/mol. The molecule has 233 valence electrons. The van der Waals surface area contributed by atoms with Crippen LogP contribution in [0.3, 0.4) is 0 Å². The average Bonchev–Trinajstić information content (AvgIpc) is 2.64. The number of alkyl halides is 9. The Morgan fingerprint density at radius 1 is 0.350 bits per heavy atom. The Morgan fingerprint density at radius 2 is 0.475 bits per heavy atom. The van der Waals surface area contributed by atoms with Crippen molar-refractivity contribution in [2.45, 2.75) is 80.8 Å². The van der Waals surface area contributed by atoms with Crippen molar-refractivity contribution in [2.75, 3.05) is 0 Å². The van der Waals surface area contributed by atoms with E-state index in [-0.39, 0.29) is 38.7 Å². The molecule has 0 aromatic carbocycles. The molecule has 0 heterocycles. The Balaban J connectivity index is -0.000000240. The zero-order valence-corrected chi connectivity index (χ0v) is 24.7. The summed E-state index contributed by atoms with van der Waals surface area (Å²) in [6.45, 7) is 13.0. The first-order chi connectivity index (χ1) is 16.6. The SMILES string of the molecule is CC(C)(C)C(=O)[CH-]C(=O)C(F)(F)F.CC(C)(C)C(=O)[CH-]C(=O)C(F)(F)F.CC(C)(C)C(=O)[CH-]C(=O)C(F)(F)F.[Ru+3]. The van der Waals surface area contributed by atoms with Gasteiger partial charge < -0.3 is 28.8 Å². The predicted octanol–water partition coefficient (Wildman–Crippen LogP) is 5.81. The van der Waals surface area contributed by atoms with Crippen molar-refractivity contribution in [2.24, 2.45) is 16.2 Å². The number of Topliss-reactive ketones (excluding diaryl/α,β-unsaturated/α-hetero) is 6. The van der Waals surface area contributed by atoms with Gasteiger partial charge in [-0.3, -0.25) is 19.3 Å². The van der Waals surface area contributed by atoms with Gasteiger partial charge in [-0.15, -0.1) is 0 Å². The smallest absolute Gasteiger partial charge is 0.333 e. The maximum atomic E-state index is 11.7. The Hall–Kier alpha value is -2.38. The van der Waals surface area contributed by atoms with E-state index in [0.717, 1.165) is 0 Å². The normalized spacial score (nSPS) is 12.2. The molecular weight excluding hydrogens is 656 g/mol. The third-order valence-corrected chi connectivity index (χ3v) is 3.84. The fraction of sp³-hybridized carbons (Fsp3) is 0.625. The van der Waals surface area contributed by atoms with E-state index < -0.39 is 69.5 Å². The second-order valence-corrected chi connectivity index (χ2v) is 10.9. The van der Waals surface area contributed by atoms with Gasteiger partial charge in [-0.1, -0.05) is 62.3 Å². The van der Waals surface area contributed by atoms with Gasteiger partial charge in [0.05, 0.1) is 0 Å². The van der Waals surface area contributed by atoms with E-state index in [9.17, 15) is 68.3 Å². The van der Waals surface area contributed by atoms with Crippen LogP contribution in [0, 0.1) is 35.5 Å². The molecule has 40 heavy (non-hydrogen) atoms. The summed E-state index contributed by atoms with van der Waals surface area (Å²) in [6.07, 6.45) is -14.6. The number of hydrogen-bond acceptors (Lipinski definition) is 6. The molecule has 0 aromatic rings. The molecule has 0 saturated heterocycles. The van der Waals surface area contributed by atoms with Crippen molar-refractivity contribution < 1.29 is 87.8 Å². The van der Waals surface area contributed by atoms with Crippen LogP contribution in [0.1, 0.15) is 62.3 Å². The molecule has 0 aliphatic carbocycles. The summed E-state index contributed by atoms with van der Waals surface area (Å²) >= 11 is 0. The summed E-state index contributed by atoms with van der Waals surface area (Å²) in [4.78, 5) is 63.8. The van der Waals surface area contributed by atoms with Gasteiger partial charge in [0.25, 0.3) is 0 Å². The van der Waals surface area contributed by atoms with Crippen LogP contribution in [0.15, 0.2) is 0 Å². The number of carbonyl (C=O) groups is 6. The zero-order valence-electron chi connectivity index (χ0n) is 22.9. The first-order valence-electron chi connectivity index (χ1n) is 10.7. The van der Waals surface area contributed by atoms with Crippen LogP contribution in [-0.4, -0.2) is 53.2 Å². The molecule has 0 atom stereocenters. The quantitative estimate of drug-likeness (QED) is 0.151. The van der Waals surface area contributed by atoms with E-state index in [0.29, 0.717) is 0 Å². The second-order valence-electron chi connectivity index (χ2n) is 10.9. The van der Waals surface area contributed by atoms with Crippen LogP contribution < -0.4 is 0 Å². The molecule has 0 unspecified atom stereocenters. The molecule has 0 aliphatic heterocycles. The van der Waals surface area contributed by atoms with Crippen LogP contribution in [0.4, 0.5) is 39.5 Å². The average molecular weight is 687 g/mol. The molecule has 0 fully saturated rings. The Morgan fingerprint density at radius 3 is 0.550 bits per heavy atom. The fourth-order valence-corrected chi connectivity index (χ4v) is 1.25. The van der Waals surface area contributed by atoms with Gasteiger partial charge in [0, 0.05) is 17.3 Å². The zero-order chi connectivity index (χ0) is 32.6. The fourth-order valence-electron chi connectivity index (χ4n) is 1.25. The molecule has 0 spiro atoms. The maximum Gasteiger partial charge on any atom is 3.00 e. The summed E-state index contributed by atoms with van der Waals surface area (Å²) < 4.78 is 105. The molecule has 0 amide bonds. The van der Waals surface area contributed by atoms with Crippen molar-refractivity contribution in [1.29, 1.82) is 0 Å². The van der Waals surface area contributed by atoms with E-state index in [1.54, 1.807) is 0 Å². The van der Waals surface area contributed by atoms with Crippen LogP contribution in [0.2, 0.25) is 0 Å². The molecule has 0 saturated carbocycles. The minimum absolute atomic E-state index is 0. The Labute approximate surface area is 238 Å². The maximum absolute atomic E-state index is 11.7. The number of hydrogen-bond donors (Lipinski definition) is 0. The van der Waals surface area contributed by atoms with Gasteiger partial charge in [0.15, 0.2) is 0 Å². The van der Waals surface area contributed by atoms with Gasteiger partial charge in [-0.05, 0) is 16.2 Å². The van der Waals surface area contributed by atoms with Crippen LogP contribution in [0.25, 0.3) is 0 Å². The van der Waals surface area contributed by atoms with E-state index >= 15 is 0 Å². The standard InChI is InChI=1S/3C8H10F3O2.Ru/c3*1-7(2,3)5(12)4-6(13)8(9,10)11;/h3*4H,1-3H3;/q3*-1;+3. The molecule has 0 aliphatic rings.